The first-order valence-electron chi connectivity index (χ1n) is 7.92. The summed E-state index contributed by atoms with van der Waals surface area (Å²) in [6, 6.07) is 7.60. The standard InChI is InChI=1S/C17H22N2O3S/c1-23-10-12-4-6-14(7-5-12)18-16(22)19-9-13-3-2-8-17(13,11-19)15(20)21/h4-7,13H,2-3,8-11H2,1H3,(H,18,22)(H,20,21)/t13-,17+/m0/s1. The van der Waals surface area contributed by atoms with Crippen LogP contribution in [0.2, 0.25) is 0 Å². The van der Waals surface area contributed by atoms with E-state index in [0.717, 1.165) is 24.3 Å². The number of carbonyl (C=O) groups excluding carboxylic acids is 1. The van der Waals surface area contributed by atoms with E-state index in [4.69, 9.17) is 0 Å². The van der Waals surface area contributed by atoms with Crippen molar-refractivity contribution in [3.05, 3.63) is 29.8 Å². The van der Waals surface area contributed by atoms with Crippen LogP contribution < -0.4 is 5.32 Å². The first-order valence-corrected chi connectivity index (χ1v) is 9.32. The molecule has 2 atom stereocenters. The molecule has 5 nitrogen and oxygen atoms in total. The smallest absolute Gasteiger partial charge is 0.321 e. The molecule has 2 amide bonds. The van der Waals surface area contributed by atoms with E-state index in [1.807, 2.05) is 24.3 Å². The number of carboxylic acids is 1. The van der Waals surface area contributed by atoms with Gasteiger partial charge in [-0.2, -0.15) is 11.8 Å². The molecule has 1 aliphatic heterocycles. The van der Waals surface area contributed by atoms with Crippen LogP contribution in [0.5, 0.6) is 0 Å². The van der Waals surface area contributed by atoms with Gasteiger partial charge in [-0.15, -0.1) is 0 Å². The number of aliphatic carboxylic acids is 1. The summed E-state index contributed by atoms with van der Waals surface area (Å²) in [7, 11) is 0. The van der Waals surface area contributed by atoms with Crippen molar-refractivity contribution in [2.24, 2.45) is 11.3 Å². The van der Waals surface area contributed by atoms with Gasteiger partial charge in [0.05, 0.1) is 5.41 Å². The molecule has 23 heavy (non-hydrogen) atoms. The molecule has 2 fully saturated rings. The predicted octanol–water partition coefficient (Wildman–Crippen LogP) is 3.27. The van der Waals surface area contributed by atoms with Gasteiger partial charge in [0.2, 0.25) is 0 Å². The predicted molar refractivity (Wildman–Crippen MR) is 91.7 cm³/mol. The molecule has 1 aromatic carbocycles. The number of carboxylic acid groups (broad SMARTS) is 1. The van der Waals surface area contributed by atoms with Gasteiger partial charge < -0.3 is 15.3 Å². The highest BCUT2D eigenvalue weighted by Gasteiger charge is 2.55. The summed E-state index contributed by atoms with van der Waals surface area (Å²) in [5.74, 6) is 0.287. The minimum atomic E-state index is -0.753. The van der Waals surface area contributed by atoms with Crippen LogP contribution in [0.1, 0.15) is 24.8 Å². The maximum Gasteiger partial charge on any atom is 0.321 e. The van der Waals surface area contributed by atoms with Gasteiger partial charge in [0.15, 0.2) is 0 Å². The van der Waals surface area contributed by atoms with Crippen LogP contribution in [0, 0.1) is 11.3 Å². The third-order valence-electron chi connectivity index (χ3n) is 5.10. The Labute approximate surface area is 140 Å². The Balaban J connectivity index is 1.64. The molecule has 0 aromatic heterocycles. The van der Waals surface area contributed by atoms with Gasteiger partial charge in [0.1, 0.15) is 0 Å². The third kappa shape index (κ3) is 3.04. The number of hydrogen-bond donors (Lipinski definition) is 2. The number of rotatable bonds is 4. The number of anilines is 1. The number of nitrogens with zero attached hydrogens (tertiary/aromatic N) is 1. The molecule has 1 aliphatic carbocycles. The summed E-state index contributed by atoms with van der Waals surface area (Å²) in [6.45, 7) is 0.867. The molecule has 0 spiro atoms. The zero-order valence-electron chi connectivity index (χ0n) is 13.2. The van der Waals surface area contributed by atoms with Crippen LogP contribution in [-0.4, -0.2) is 41.4 Å². The van der Waals surface area contributed by atoms with Crippen molar-refractivity contribution in [3.8, 4) is 0 Å². The SMILES string of the molecule is CSCc1ccc(NC(=O)N2C[C@@H]3CCC[C@@]3(C(=O)O)C2)cc1. The van der Waals surface area contributed by atoms with Crippen molar-refractivity contribution in [2.45, 2.75) is 25.0 Å². The summed E-state index contributed by atoms with van der Waals surface area (Å²) in [4.78, 5) is 25.8. The normalized spacial score (nSPS) is 26.1. The molecule has 2 aliphatic rings. The fourth-order valence-corrected chi connectivity index (χ4v) is 4.37. The van der Waals surface area contributed by atoms with Crippen molar-refractivity contribution in [1.82, 2.24) is 4.90 Å². The summed E-state index contributed by atoms with van der Waals surface area (Å²) in [6.07, 6.45) is 4.58. The van der Waals surface area contributed by atoms with E-state index in [1.54, 1.807) is 16.7 Å². The number of carbonyl (C=O) groups is 2. The molecule has 2 N–H and O–H groups in total. The maximum atomic E-state index is 12.4. The summed E-state index contributed by atoms with van der Waals surface area (Å²) >= 11 is 1.76. The van der Waals surface area contributed by atoms with Crippen LogP contribution in [0.4, 0.5) is 10.5 Å². The quantitative estimate of drug-likeness (QED) is 0.887. The highest BCUT2D eigenvalue weighted by atomic mass is 32.2. The Morgan fingerprint density at radius 2 is 2.13 bits per heavy atom. The Morgan fingerprint density at radius 3 is 2.74 bits per heavy atom. The molecule has 1 saturated heterocycles. The van der Waals surface area contributed by atoms with E-state index in [2.05, 4.69) is 11.6 Å². The van der Waals surface area contributed by atoms with E-state index >= 15 is 0 Å². The van der Waals surface area contributed by atoms with Gasteiger partial charge in [0, 0.05) is 24.5 Å². The number of nitrogens with one attached hydrogen (secondary N) is 1. The van der Waals surface area contributed by atoms with Crippen molar-refractivity contribution in [1.29, 1.82) is 0 Å². The lowest BCUT2D eigenvalue weighted by molar-refractivity contribution is -0.149. The van der Waals surface area contributed by atoms with Gasteiger partial charge >= 0.3 is 12.0 Å². The monoisotopic (exact) mass is 334 g/mol. The van der Waals surface area contributed by atoms with Gasteiger partial charge in [-0.05, 0) is 42.7 Å². The van der Waals surface area contributed by atoms with Gasteiger partial charge in [-0.3, -0.25) is 4.79 Å². The van der Waals surface area contributed by atoms with Crippen molar-refractivity contribution in [3.63, 3.8) is 0 Å². The van der Waals surface area contributed by atoms with Crippen LogP contribution >= 0.6 is 11.8 Å². The molecule has 0 bridgehead atoms. The van der Waals surface area contributed by atoms with E-state index < -0.39 is 11.4 Å². The number of thioether (sulfide) groups is 1. The van der Waals surface area contributed by atoms with Gasteiger partial charge in [-0.1, -0.05) is 18.6 Å². The highest BCUT2D eigenvalue weighted by Crippen LogP contribution is 2.48. The third-order valence-corrected chi connectivity index (χ3v) is 5.72. The average Bonchev–Trinajstić information content (AvgIpc) is 3.07. The molecule has 124 valence electrons. The molecule has 1 saturated carbocycles. The first-order chi connectivity index (χ1) is 11.0. The lowest BCUT2D eigenvalue weighted by atomic mass is 9.81. The lowest BCUT2D eigenvalue weighted by Gasteiger charge is -2.23. The van der Waals surface area contributed by atoms with Crippen LogP contribution in [0.15, 0.2) is 24.3 Å². The fourth-order valence-electron chi connectivity index (χ4n) is 3.85. The average molecular weight is 334 g/mol. The topological polar surface area (TPSA) is 69.6 Å². The van der Waals surface area contributed by atoms with E-state index in [9.17, 15) is 14.7 Å². The number of urea groups is 1. The summed E-state index contributed by atoms with van der Waals surface area (Å²) in [5, 5.41) is 12.5. The second kappa shape index (κ2) is 6.43. The largest absolute Gasteiger partial charge is 0.481 e. The van der Waals surface area contributed by atoms with Crippen molar-refractivity contribution >= 4 is 29.4 Å². The minimum Gasteiger partial charge on any atom is -0.481 e. The lowest BCUT2D eigenvalue weighted by Crippen LogP contribution is -2.38. The van der Waals surface area contributed by atoms with Gasteiger partial charge in [-0.25, -0.2) is 4.79 Å². The van der Waals surface area contributed by atoms with Crippen molar-refractivity contribution in [2.75, 3.05) is 24.7 Å². The molecule has 1 aromatic rings. The van der Waals surface area contributed by atoms with E-state index in [1.165, 1.54) is 5.56 Å². The number of likely N-dealkylation sites (tertiary alicyclic amines) is 1. The van der Waals surface area contributed by atoms with Gasteiger partial charge in [0.25, 0.3) is 0 Å². The zero-order chi connectivity index (χ0) is 16.4. The molecule has 0 unspecified atom stereocenters. The summed E-state index contributed by atoms with van der Waals surface area (Å²) in [5.41, 5.74) is 1.25. The maximum absolute atomic E-state index is 12.4. The minimum absolute atomic E-state index is 0.0923. The molecular formula is C17H22N2O3S. The number of fused-ring (bicyclic) bond motifs is 1. The Hall–Kier alpha value is -1.69. The number of hydrogen-bond acceptors (Lipinski definition) is 3. The highest BCUT2D eigenvalue weighted by molar-refractivity contribution is 7.97. The van der Waals surface area contributed by atoms with E-state index in [0.29, 0.717) is 19.5 Å². The Morgan fingerprint density at radius 1 is 1.39 bits per heavy atom. The second-order valence-electron chi connectivity index (χ2n) is 6.49. The van der Waals surface area contributed by atoms with Crippen LogP contribution in [0.25, 0.3) is 0 Å². The molecule has 1 heterocycles. The number of amides is 2. The van der Waals surface area contributed by atoms with E-state index in [-0.39, 0.29) is 11.9 Å². The Kier molecular flexibility index (Phi) is 4.53. The summed E-state index contributed by atoms with van der Waals surface area (Å²) < 4.78 is 0. The molecular weight excluding hydrogens is 312 g/mol. The second-order valence-corrected chi connectivity index (χ2v) is 7.36. The molecule has 6 heteroatoms. The zero-order valence-corrected chi connectivity index (χ0v) is 14.1. The van der Waals surface area contributed by atoms with Crippen LogP contribution in [-0.2, 0) is 10.5 Å². The number of benzene rings is 1. The first kappa shape index (κ1) is 16.2. The Bertz CT molecular complexity index is 604. The fraction of sp³-hybridized carbons (Fsp3) is 0.529. The molecule has 0 radical (unpaired) electrons. The van der Waals surface area contributed by atoms with Crippen molar-refractivity contribution < 1.29 is 14.7 Å². The van der Waals surface area contributed by atoms with Crippen LogP contribution in [0.3, 0.4) is 0 Å². The molecule has 3 rings (SSSR count).